The van der Waals surface area contributed by atoms with Crippen molar-refractivity contribution in [2.45, 2.75) is 44.4 Å². The Hall–Kier alpha value is -1.43. The first-order valence-electron chi connectivity index (χ1n) is 7.31. The monoisotopic (exact) mass is 295 g/mol. The highest BCUT2D eigenvalue weighted by Gasteiger charge is 2.29. The third-order valence-electron chi connectivity index (χ3n) is 3.46. The lowest BCUT2D eigenvalue weighted by Gasteiger charge is -2.26. The van der Waals surface area contributed by atoms with Gasteiger partial charge in [-0.05, 0) is 12.0 Å². The first-order valence-corrected chi connectivity index (χ1v) is 7.31. The predicted molar refractivity (Wildman–Crippen MR) is 80.7 cm³/mol. The van der Waals surface area contributed by atoms with Gasteiger partial charge < -0.3 is 14.9 Å². The highest BCUT2D eigenvalue weighted by atomic mass is 16.5. The summed E-state index contributed by atoms with van der Waals surface area (Å²) in [4.78, 5) is 11.9. The van der Waals surface area contributed by atoms with Gasteiger partial charge in [-0.15, -0.1) is 0 Å². The first-order chi connectivity index (χ1) is 10.1. The Balaban J connectivity index is 2.81. The van der Waals surface area contributed by atoms with Gasteiger partial charge in [0, 0.05) is 0 Å². The second kappa shape index (κ2) is 9.50. The van der Waals surface area contributed by atoms with Crippen LogP contribution >= 0.6 is 0 Å². The van der Waals surface area contributed by atoms with E-state index < -0.39 is 24.2 Å². The van der Waals surface area contributed by atoms with Crippen LogP contribution in [0.2, 0.25) is 0 Å². The van der Waals surface area contributed by atoms with Crippen molar-refractivity contribution in [1.29, 1.82) is 0 Å². The zero-order chi connectivity index (χ0) is 15.7. The average molecular weight is 295 g/mol. The second-order valence-corrected chi connectivity index (χ2v) is 5.02. The number of benzene rings is 1. The van der Waals surface area contributed by atoms with E-state index in [-0.39, 0.29) is 6.61 Å². The number of hydrogen-bond donors (Lipinski definition) is 3. The van der Waals surface area contributed by atoms with E-state index in [4.69, 9.17) is 4.74 Å². The minimum Gasteiger partial charge on any atom is -0.468 e. The van der Waals surface area contributed by atoms with E-state index in [1.165, 1.54) is 7.11 Å². The molecule has 0 radical (unpaired) electrons. The highest BCUT2D eigenvalue weighted by Crippen LogP contribution is 2.15. The summed E-state index contributed by atoms with van der Waals surface area (Å²) in [6.07, 6.45) is 1.43. The van der Waals surface area contributed by atoms with Gasteiger partial charge in [-0.1, -0.05) is 50.1 Å². The molecule has 0 saturated carbocycles. The maximum Gasteiger partial charge on any atom is 0.325 e. The molecule has 0 fully saturated rings. The molecule has 3 N–H and O–H groups in total. The van der Waals surface area contributed by atoms with Gasteiger partial charge >= 0.3 is 5.97 Å². The maximum absolute atomic E-state index is 11.9. The summed E-state index contributed by atoms with van der Waals surface area (Å²) in [5.74, 6) is -0.520. The normalized spacial score (nSPS) is 15.2. The SMILES string of the molecule is CCCC[C@@H](O)[C@H](N[C@H](CO)c1ccccc1)C(=O)OC. The molecular formula is C16H25NO4. The lowest BCUT2D eigenvalue weighted by Crippen LogP contribution is -2.49. The second-order valence-electron chi connectivity index (χ2n) is 5.02. The molecule has 0 bridgehead atoms. The Bertz CT molecular complexity index is 410. The number of nitrogens with one attached hydrogen (secondary N) is 1. The van der Waals surface area contributed by atoms with Crippen molar-refractivity contribution in [2.24, 2.45) is 0 Å². The van der Waals surface area contributed by atoms with Gasteiger partial charge in [-0.25, -0.2) is 0 Å². The van der Waals surface area contributed by atoms with Gasteiger partial charge in [0.15, 0.2) is 0 Å². The number of hydrogen-bond acceptors (Lipinski definition) is 5. The van der Waals surface area contributed by atoms with Gasteiger partial charge in [0.25, 0.3) is 0 Å². The zero-order valence-electron chi connectivity index (χ0n) is 12.7. The van der Waals surface area contributed by atoms with Gasteiger partial charge in [0.05, 0.1) is 25.9 Å². The van der Waals surface area contributed by atoms with Crippen LogP contribution < -0.4 is 5.32 Å². The molecule has 1 aromatic carbocycles. The van der Waals surface area contributed by atoms with Gasteiger partial charge in [-0.2, -0.15) is 0 Å². The molecule has 0 aliphatic rings. The van der Waals surface area contributed by atoms with Crippen molar-refractivity contribution in [3.63, 3.8) is 0 Å². The molecule has 0 heterocycles. The van der Waals surface area contributed by atoms with Crippen molar-refractivity contribution in [3.05, 3.63) is 35.9 Å². The Labute approximate surface area is 125 Å². The van der Waals surface area contributed by atoms with Crippen LogP contribution in [0.1, 0.15) is 37.8 Å². The minimum atomic E-state index is -0.848. The smallest absolute Gasteiger partial charge is 0.325 e. The van der Waals surface area contributed by atoms with E-state index in [0.717, 1.165) is 18.4 Å². The number of carbonyl (C=O) groups excluding carboxylic acids is 1. The molecular weight excluding hydrogens is 270 g/mol. The maximum atomic E-state index is 11.9. The summed E-state index contributed by atoms with van der Waals surface area (Å²) in [5, 5.41) is 22.7. The van der Waals surface area contributed by atoms with E-state index in [0.29, 0.717) is 6.42 Å². The molecule has 0 aliphatic heterocycles. The van der Waals surface area contributed by atoms with Crippen LogP contribution in [-0.4, -0.2) is 42.0 Å². The fraction of sp³-hybridized carbons (Fsp3) is 0.562. The van der Waals surface area contributed by atoms with Crippen molar-refractivity contribution in [1.82, 2.24) is 5.32 Å². The summed E-state index contributed by atoms with van der Waals surface area (Å²) >= 11 is 0. The fourth-order valence-electron chi connectivity index (χ4n) is 2.20. The number of ether oxygens (including phenoxy) is 1. The van der Waals surface area contributed by atoms with Crippen molar-refractivity contribution in [3.8, 4) is 0 Å². The minimum absolute atomic E-state index is 0.169. The number of methoxy groups -OCH3 is 1. The number of esters is 1. The number of rotatable bonds is 9. The van der Waals surface area contributed by atoms with E-state index in [2.05, 4.69) is 5.32 Å². The standard InChI is InChI=1S/C16H25NO4/c1-3-4-10-14(19)15(16(20)21-2)17-13(11-18)12-8-6-5-7-9-12/h5-9,13-15,17-19H,3-4,10-11H2,1-2H3/t13-,14-,15+/m1/s1. The summed E-state index contributed by atoms with van der Waals surface area (Å²) < 4.78 is 4.75. The Morgan fingerprint density at radius 2 is 2.00 bits per heavy atom. The first kappa shape index (κ1) is 17.6. The number of unbranched alkanes of at least 4 members (excludes halogenated alkanes) is 1. The largest absolute Gasteiger partial charge is 0.468 e. The number of aliphatic hydroxyl groups is 2. The van der Waals surface area contributed by atoms with Gasteiger partial charge in [0.1, 0.15) is 6.04 Å². The average Bonchev–Trinajstić information content (AvgIpc) is 2.53. The van der Waals surface area contributed by atoms with E-state index in [9.17, 15) is 15.0 Å². The molecule has 21 heavy (non-hydrogen) atoms. The van der Waals surface area contributed by atoms with Gasteiger partial charge in [0.2, 0.25) is 0 Å². The Kier molecular flexibility index (Phi) is 7.97. The third-order valence-corrected chi connectivity index (χ3v) is 3.46. The van der Waals surface area contributed by atoms with Crippen LogP contribution in [0.5, 0.6) is 0 Å². The molecule has 0 aliphatic carbocycles. The van der Waals surface area contributed by atoms with Crippen molar-refractivity contribution >= 4 is 5.97 Å². The molecule has 5 heteroatoms. The summed E-state index contributed by atoms with van der Waals surface area (Å²) in [6.45, 7) is 1.85. The van der Waals surface area contributed by atoms with E-state index in [1.807, 2.05) is 37.3 Å². The molecule has 0 aromatic heterocycles. The Morgan fingerprint density at radius 1 is 1.33 bits per heavy atom. The molecule has 0 amide bonds. The summed E-state index contributed by atoms with van der Waals surface area (Å²) in [6, 6.07) is 8.05. The van der Waals surface area contributed by atoms with Crippen LogP contribution in [0, 0.1) is 0 Å². The summed E-state index contributed by atoms with van der Waals surface area (Å²) in [5.41, 5.74) is 0.858. The van der Waals surface area contributed by atoms with Crippen LogP contribution in [0.15, 0.2) is 30.3 Å². The fourth-order valence-corrected chi connectivity index (χ4v) is 2.20. The quantitative estimate of drug-likeness (QED) is 0.600. The van der Waals surface area contributed by atoms with Gasteiger partial charge in [-0.3, -0.25) is 10.1 Å². The molecule has 5 nitrogen and oxygen atoms in total. The highest BCUT2D eigenvalue weighted by molar-refractivity contribution is 5.76. The van der Waals surface area contributed by atoms with Crippen LogP contribution in [-0.2, 0) is 9.53 Å². The molecule has 0 unspecified atom stereocenters. The van der Waals surface area contributed by atoms with Crippen LogP contribution in [0.4, 0.5) is 0 Å². The molecule has 1 rings (SSSR count). The molecule has 1 aromatic rings. The lowest BCUT2D eigenvalue weighted by molar-refractivity contribution is -0.146. The molecule has 0 saturated heterocycles. The van der Waals surface area contributed by atoms with Crippen molar-refractivity contribution in [2.75, 3.05) is 13.7 Å². The molecule has 118 valence electrons. The summed E-state index contributed by atoms with van der Waals surface area (Å²) in [7, 11) is 1.29. The topological polar surface area (TPSA) is 78.8 Å². The third kappa shape index (κ3) is 5.46. The Morgan fingerprint density at radius 3 is 2.52 bits per heavy atom. The molecule has 0 spiro atoms. The number of aliphatic hydroxyl groups excluding tert-OH is 2. The van der Waals surface area contributed by atoms with E-state index in [1.54, 1.807) is 0 Å². The van der Waals surface area contributed by atoms with E-state index >= 15 is 0 Å². The van der Waals surface area contributed by atoms with Crippen LogP contribution in [0.3, 0.4) is 0 Å². The predicted octanol–water partition coefficient (Wildman–Crippen LogP) is 1.40. The lowest BCUT2D eigenvalue weighted by atomic mass is 10.0. The zero-order valence-corrected chi connectivity index (χ0v) is 12.7. The van der Waals surface area contributed by atoms with Crippen LogP contribution in [0.25, 0.3) is 0 Å². The molecule has 3 atom stereocenters. The number of carbonyl (C=O) groups is 1. The van der Waals surface area contributed by atoms with Crippen molar-refractivity contribution < 1.29 is 19.7 Å².